The van der Waals surface area contributed by atoms with E-state index in [2.05, 4.69) is 16.9 Å². The topological polar surface area (TPSA) is 35.5 Å². The molecule has 2 heterocycles. The SMILES string of the molecule is COC(=O)c1cccc(C(F)(F)F)c1.c1cc2ccc1CO2. The summed E-state index contributed by atoms with van der Waals surface area (Å²) in [6, 6.07) is 12.2. The molecule has 0 unspecified atom stereocenters. The summed E-state index contributed by atoms with van der Waals surface area (Å²) in [6.07, 6.45) is -4.44. The van der Waals surface area contributed by atoms with Crippen LogP contribution < -0.4 is 4.74 Å². The molecule has 0 radical (unpaired) electrons. The Balaban J connectivity index is 0.000000183. The molecule has 22 heavy (non-hydrogen) atoms. The van der Waals surface area contributed by atoms with Crippen LogP contribution in [0.4, 0.5) is 13.2 Å². The van der Waals surface area contributed by atoms with Crippen molar-refractivity contribution in [1.82, 2.24) is 0 Å². The van der Waals surface area contributed by atoms with Crippen LogP contribution in [-0.2, 0) is 17.5 Å². The molecule has 4 rings (SSSR count). The molecule has 6 heteroatoms. The molecule has 3 nitrogen and oxygen atoms in total. The molecule has 0 aromatic heterocycles. The molecule has 0 saturated carbocycles. The average Bonchev–Trinajstić information content (AvgIpc) is 2.56. The van der Waals surface area contributed by atoms with E-state index in [0.717, 1.165) is 37.7 Å². The Kier molecular flexibility index (Phi) is 4.70. The van der Waals surface area contributed by atoms with Crippen LogP contribution in [0.1, 0.15) is 21.5 Å². The number of hydrogen-bond acceptors (Lipinski definition) is 3. The van der Waals surface area contributed by atoms with Crippen molar-refractivity contribution in [3.05, 3.63) is 65.2 Å². The lowest BCUT2D eigenvalue weighted by molar-refractivity contribution is -0.137. The predicted molar refractivity (Wildman–Crippen MR) is 73.6 cm³/mol. The Hall–Kier alpha value is -2.50. The molecule has 0 aliphatic carbocycles. The van der Waals surface area contributed by atoms with Gasteiger partial charge in [-0.25, -0.2) is 4.79 Å². The first-order valence-corrected chi connectivity index (χ1v) is 6.37. The second kappa shape index (κ2) is 6.51. The quantitative estimate of drug-likeness (QED) is 0.745. The van der Waals surface area contributed by atoms with Gasteiger partial charge < -0.3 is 9.47 Å². The zero-order valence-corrected chi connectivity index (χ0v) is 11.7. The van der Waals surface area contributed by atoms with Crippen LogP contribution in [0.2, 0.25) is 0 Å². The van der Waals surface area contributed by atoms with E-state index in [1.807, 2.05) is 12.1 Å². The zero-order valence-electron chi connectivity index (χ0n) is 11.7. The molecule has 0 spiro atoms. The maximum absolute atomic E-state index is 12.2. The third kappa shape index (κ3) is 4.00. The van der Waals surface area contributed by atoms with Gasteiger partial charge in [0.25, 0.3) is 0 Å². The minimum absolute atomic E-state index is 0.109. The van der Waals surface area contributed by atoms with Crippen molar-refractivity contribution >= 4 is 5.97 Å². The summed E-state index contributed by atoms with van der Waals surface area (Å²) in [4.78, 5) is 10.9. The molecule has 2 aliphatic rings. The van der Waals surface area contributed by atoms with E-state index < -0.39 is 17.7 Å². The van der Waals surface area contributed by atoms with Crippen molar-refractivity contribution in [3.8, 4) is 5.75 Å². The van der Waals surface area contributed by atoms with Crippen LogP contribution in [0.5, 0.6) is 5.75 Å². The van der Waals surface area contributed by atoms with Gasteiger partial charge in [0, 0.05) is 0 Å². The fourth-order valence-electron chi connectivity index (χ4n) is 1.79. The van der Waals surface area contributed by atoms with Gasteiger partial charge >= 0.3 is 12.1 Å². The van der Waals surface area contributed by atoms with Crippen LogP contribution >= 0.6 is 0 Å². The third-order valence-electron chi connectivity index (χ3n) is 2.94. The molecule has 116 valence electrons. The number of esters is 1. The van der Waals surface area contributed by atoms with Gasteiger partial charge in [0.2, 0.25) is 0 Å². The second-order valence-corrected chi connectivity index (χ2v) is 4.50. The van der Waals surface area contributed by atoms with Crippen LogP contribution in [0.3, 0.4) is 0 Å². The van der Waals surface area contributed by atoms with Crippen LogP contribution in [0, 0.1) is 0 Å². The molecule has 0 fully saturated rings. The Morgan fingerprint density at radius 3 is 2.18 bits per heavy atom. The first-order chi connectivity index (χ1) is 10.4. The van der Waals surface area contributed by atoms with Crippen LogP contribution in [0.25, 0.3) is 0 Å². The molecule has 0 amide bonds. The number of halogens is 3. The number of rotatable bonds is 1. The first kappa shape index (κ1) is 15.9. The average molecular weight is 310 g/mol. The molecule has 2 aliphatic heterocycles. The predicted octanol–water partition coefficient (Wildman–Crippen LogP) is 4.07. The van der Waals surface area contributed by atoms with Gasteiger partial charge in [-0.2, -0.15) is 13.2 Å². The maximum Gasteiger partial charge on any atom is 0.416 e. The number of hydrogen-bond donors (Lipinski definition) is 0. The molecule has 2 aromatic carbocycles. The van der Waals surface area contributed by atoms with Gasteiger partial charge in [-0.05, 0) is 35.9 Å². The highest BCUT2D eigenvalue weighted by molar-refractivity contribution is 5.89. The fraction of sp³-hybridized carbons (Fsp3) is 0.188. The van der Waals surface area contributed by atoms with E-state index in [9.17, 15) is 18.0 Å². The van der Waals surface area contributed by atoms with Gasteiger partial charge in [-0.15, -0.1) is 0 Å². The number of alkyl halides is 3. The van der Waals surface area contributed by atoms with Crippen LogP contribution in [0.15, 0.2) is 48.5 Å². The molecular weight excluding hydrogens is 297 g/mol. The number of methoxy groups -OCH3 is 1. The summed E-state index contributed by atoms with van der Waals surface area (Å²) in [5.74, 6) is 0.205. The summed E-state index contributed by atoms with van der Waals surface area (Å²) in [6.45, 7) is 0.766. The van der Waals surface area contributed by atoms with E-state index in [0.29, 0.717) is 0 Å². The van der Waals surface area contributed by atoms with Gasteiger partial charge in [0.1, 0.15) is 12.4 Å². The van der Waals surface area contributed by atoms with Crippen molar-refractivity contribution in [2.24, 2.45) is 0 Å². The van der Waals surface area contributed by atoms with Gasteiger partial charge in [0.15, 0.2) is 0 Å². The fourth-order valence-corrected chi connectivity index (χ4v) is 1.79. The zero-order chi connectivity index (χ0) is 16.2. The van der Waals surface area contributed by atoms with E-state index in [4.69, 9.17) is 4.74 Å². The Morgan fingerprint density at radius 1 is 1.14 bits per heavy atom. The van der Waals surface area contributed by atoms with Gasteiger partial charge in [-0.1, -0.05) is 18.2 Å². The van der Waals surface area contributed by atoms with Crippen molar-refractivity contribution in [1.29, 1.82) is 0 Å². The monoisotopic (exact) mass is 310 g/mol. The van der Waals surface area contributed by atoms with Crippen molar-refractivity contribution < 1.29 is 27.4 Å². The lowest BCUT2D eigenvalue weighted by atomic mass is 10.1. The number of carbonyl (C=O) groups is 1. The Morgan fingerprint density at radius 2 is 1.82 bits per heavy atom. The van der Waals surface area contributed by atoms with Crippen molar-refractivity contribution in [2.75, 3.05) is 7.11 Å². The van der Waals surface area contributed by atoms with E-state index in [1.165, 1.54) is 11.6 Å². The molecular formula is C16H13F3O3. The Labute approximate surface area is 125 Å². The maximum atomic E-state index is 12.2. The third-order valence-corrected chi connectivity index (χ3v) is 2.94. The molecule has 0 atom stereocenters. The van der Waals surface area contributed by atoms with Crippen molar-refractivity contribution in [2.45, 2.75) is 12.8 Å². The lowest BCUT2D eigenvalue weighted by Crippen LogP contribution is -2.08. The number of benzene rings is 2. The van der Waals surface area contributed by atoms with E-state index >= 15 is 0 Å². The van der Waals surface area contributed by atoms with Crippen LogP contribution in [-0.4, -0.2) is 13.1 Å². The number of carbonyl (C=O) groups excluding carboxylic acids is 1. The summed E-state index contributed by atoms with van der Waals surface area (Å²) >= 11 is 0. The summed E-state index contributed by atoms with van der Waals surface area (Å²) in [5, 5.41) is 0. The number of fused-ring (bicyclic) bond motifs is 3. The summed E-state index contributed by atoms with van der Waals surface area (Å²) < 4.78 is 46.0. The normalized spacial score (nSPS) is 12.0. The molecule has 0 N–H and O–H groups in total. The highest BCUT2D eigenvalue weighted by atomic mass is 19.4. The minimum Gasteiger partial charge on any atom is -0.489 e. The van der Waals surface area contributed by atoms with E-state index in [1.54, 1.807) is 0 Å². The highest BCUT2D eigenvalue weighted by Gasteiger charge is 2.30. The standard InChI is InChI=1S/C9H7F3O2.C7H6O/c1-14-8(13)6-3-2-4-7(5-6)9(10,11)12;1-3-7-4-2-6(1)5-8-7/h2-5H,1H3;1-4H,5H2. The summed E-state index contributed by atoms with van der Waals surface area (Å²) in [7, 11) is 1.11. The Bertz CT molecular complexity index is 625. The summed E-state index contributed by atoms with van der Waals surface area (Å²) in [5.41, 5.74) is 0.294. The lowest BCUT2D eigenvalue weighted by Gasteiger charge is -2.11. The molecule has 2 bridgehead atoms. The van der Waals surface area contributed by atoms with E-state index in [-0.39, 0.29) is 5.56 Å². The minimum atomic E-state index is -4.44. The largest absolute Gasteiger partial charge is 0.489 e. The van der Waals surface area contributed by atoms with Gasteiger partial charge in [0.05, 0.1) is 18.2 Å². The smallest absolute Gasteiger partial charge is 0.416 e. The first-order valence-electron chi connectivity index (χ1n) is 6.37. The molecule has 2 aromatic rings. The number of ether oxygens (including phenoxy) is 2. The van der Waals surface area contributed by atoms with Gasteiger partial charge in [-0.3, -0.25) is 0 Å². The highest BCUT2D eigenvalue weighted by Crippen LogP contribution is 2.29. The molecule has 0 saturated heterocycles. The van der Waals surface area contributed by atoms with Crippen molar-refractivity contribution in [3.63, 3.8) is 0 Å². The second-order valence-electron chi connectivity index (χ2n) is 4.50.